The van der Waals surface area contributed by atoms with E-state index in [2.05, 4.69) is 4.74 Å². The molecular formula is C10H12F3NO5. The number of aldehydes is 1. The van der Waals surface area contributed by atoms with E-state index in [0.717, 1.165) is 0 Å². The van der Waals surface area contributed by atoms with Gasteiger partial charge in [-0.25, -0.2) is 4.79 Å². The maximum atomic E-state index is 12.0. The van der Waals surface area contributed by atoms with E-state index < -0.39 is 42.4 Å². The zero-order chi connectivity index (χ0) is 15.2. The van der Waals surface area contributed by atoms with Crippen LogP contribution in [-0.4, -0.2) is 42.3 Å². The maximum absolute atomic E-state index is 12.0. The Morgan fingerprint density at radius 3 is 2.16 bits per heavy atom. The summed E-state index contributed by atoms with van der Waals surface area (Å²) in [5, 5.41) is 1.31. The molecule has 0 unspecified atom stereocenters. The molecule has 9 heteroatoms. The second kappa shape index (κ2) is 6.86. The van der Waals surface area contributed by atoms with Crippen molar-refractivity contribution in [2.24, 2.45) is 0 Å². The maximum Gasteiger partial charge on any atom is 0.471 e. The Balaban J connectivity index is 4.86. The summed E-state index contributed by atoms with van der Waals surface area (Å²) in [4.78, 5) is 43.1. The molecular weight excluding hydrogens is 271 g/mol. The van der Waals surface area contributed by atoms with Gasteiger partial charge in [0.05, 0.1) is 6.10 Å². The third kappa shape index (κ3) is 6.53. The molecule has 1 amide bonds. The van der Waals surface area contributed by atoms with Crippen molar-refractivity contribution in [2.45, 2.75) is 38.6 Å². The molecule has 0 aliphatic rings. The van der Waals surface area contributed by atoms with E-state index in [9.17, 15) is 32.3 Å². The zero-order valence-corrected chi connectivity index (χ0v) is 10.1. The SMILES string of the molecule is CC(C)OC(=O)[C@H](CC(=O)C=O)NC(=O)C(F)(F)F. The van der Waals surface area contributed by atoms with Gasteiger partial charge in [-0.3, -0.25) is 14.4 Å². The van der Waals surface area contributed by atoms with E-state index >= 15 is 0 Å². The number of carbonyl (C=O) groups excluding carboxylic acids is 4. The first-order chi connectivity index (χ1) is 8.57. The second-order valence-electron chi connectivity index (χ2n) is 3.80. The van der Waals surface area contributed by atoms with E-state index in [1.54, 1.807) is 0 Å². The number of hydrogen-bond donors (Lipinski definition) is 1. The number of hydrogen-bond acceptors (Lipinski definition) is 5. The first kappa shape index (κ1) is 17.1. The van der Waals surface area contributed by atoms with Gasteiger partial charge in [0.15, 0.2) is 12.1 Å². The van der Waals surface area contributed by atoms with Crippen LogP contribution in [-0.2, 0) is 23.9 Å². The molecule has 0 saturated carbocycles. The standard InChI is InChI=1S/C10H12F3NO5/c1-5(2)19-8(17)7(3-6(16)4-15)14-9(18)10(11,12)13/h4-5,7H,3H2,1-2H3,(H,14,18)/t7-/m0/s1. The molecule has 0 aromatic carbocycles. The number of rotatable bonds is 6. The Hall–Kier alpha value is -1.93. The molecule has 0 rings (SSSR count). The normalized spacial score (nSPS) is 12.7. The average molecular weight is 283 g/mol. The van der Waals surface area contributed by atoms with Crippen LogP contribution in [0.15, 0.2) is 0 Å². The number of nitrogens with one attached hydrogen (secondary N) is 1. The quantitative estimate of drug-likeness (QED) is 0.425. The summed E-state index contributed by atoms with van der Waals surface area (Å²) in [5.41, 5.74) is 0. The van der Waals surface area contributed by atoms with Gasteiger partial charge in [0.2, 0.25) is 0 Å². The minimum atomic E-state index is -5.21. The third-order valence-electron chi connectivity index (χ3n) is 1.74. The van der Waals surface area contributed by atoms with Crippen LogP contribution in [0.3, 0.4) is 0 Å². The highest BCUT2D eigenvalue weighted by Gasteiger charge is 2.41. The molecule has 0 radical (unpaired) electrons. The molecule has 0 heterocycles. The first-order valence-electron chi connectivity index (χ1n) is 5.14. The molecule has 0 saturated heterocycles. The number of alkyl halides is 3. The van der Waals surface area contributed by atoms with Gasteiger partial charge in [-0.05, 0) is 13.8 Å². The summed E-state index contributed by atoms with van der Waals surface area (Å²) in [6, 6.07) is -1.85. The van der Waals surface area contributed by atoms with Gasteiger partial charge in [0.1, 0.15) is 6.04 Å². The topological polar surface area (TPSA) is 89.5 Å². The molecule has 0 fully saturated rings. The Morgan fingerprint density at radius 2 is 1.79 bits per heavy atom. The van der Waals surface area contributed by atoms with Crippen LogP contribution >= 0.6 is 0 Å². The van der Waals surface area contributed by atoms with Gasteiger partial charge in [-0.2, -0.15) is 13.2 Å². The van der Waals surface area contributed by atoms with E-state index in [4.69, 9.17) is 0 Å². The van der Waals surface area contributed by atoms with Crippen LogP contribution in [0.2, 0.25) is 0 Å². The summed E-state index contributed by atoms with van der Waals surface area (Å²) in [6.45, 7) is 2.87. The number of ketones is 1. The second-order valence-corrected chi connectivity index (χ2v) is 3.80. The monoisotopic (exact) mass is 283 g/mol. The Bertz CT molecular complexity index is 378. The zero-order valence-electron chi connectivity index (χ0n) is 10.1. The van der Waals surface area contributed by atoms with E-state index in [0.29, 0.717) is 0 Å². The van der Waals surface area contributed by atoms with Crippen LogP contribution in [0.25, 0.3) is 0 Å². The van der Waals surface area contributed by atoms with Crippen LogP contribution in [0.1, 0.15) is 20.3 Å². The fraction of sp³-hybridized carbons (Fsp3) is 0.600. The van der Waals surface area contributed by atoms with Crippen molar-refractivity contribution in [1.82, 2.24) is 5.32 Å². The van der Waals surface area contributed by atoms with Crippen LogP contribution < -0.4 is 5.32 Å². The van der Waals surface area contributed by atoms with Crippen molar-refractivity contribution in [2.75, 3.05) is 0 Å². The molecule has 19 heavy (non-hydrogen) atoms. The number of esters is 1. The number of ether oxygens (including phenoxy) is 1. The van der Waals surface area contributed by atoms with Gasteiger partial charge in [-0.1, -0.05) is 0 Å². The minimum Gasteiger partial charge on any atom is -0.461 e. The molecule has 0 aromatic rings. The fourth-order valence-corrected chi connectivity index (χ4v) is 0.997. The molecule has 0 aromatic heterocycles. The molecule has 108 valence electrons. The highest BCUT2D eigenvalue weighted by Crippen LogP contribution is 2.15. The van der Waals surface area contributed by atoms with Crippen LogP contribution in [0, 0.1) is 0 Å². The highest BCUT2D eigenvalue weighted by atomic mass is 19.4. The minimum absolute atomic E-state index is 0.157. The molecule has 0 aliphatic heterocycles. The summed E-state index contributed by atoms with van der Waals surface area (Å²) in [7, 11) is 0. The van der Waals surface area contributed by atoms with Crippen molar-refractivity contribution < 1.29 is 37.1 Å². The highest BCUT2D eigenvalue weighted by molar-refractivity contribution is 6.25. The smallest absolute Gasteiger partial charge is 0.461 e. The van der Waals surface area contributed by atoms with Gasteiger partial charge in [0, 0.05) is 6.42 Å². The van der Waals surface area contributed by atoms with Crippen LogP contribution in [0.5, 0.6) is 0 Å². The molecule has 1 N–H and O–H groups in total. The van der Waals surface area contributed by atoms with E-state index in [1.807, 2.05) is 0 Å². The van der Waals surface area contributed by atoms with Crippen molar-refractivity contribution in [3.05, 3.63) is 0 Å². The summed E-state index contributed by atoms with van der Waals surface area (Å²) in [5.74, 6) is -4.74. The lowest BCUT2D eigenvalue weighted by molar-refractivity contribution is -0.176. The third-order valence-corrected chi connectivity index (χ3v) is 1.74. The summed E-state index contributed by atoms with van der Waals surface area (Å²) >= 11 is 0. The van der Waals surface area contributed by atoms with E-state index in [1.165, 1.54) is 19.2 Å². The van der Waals surface area contributed by atoms with Gasteiger partial charge < -0.3 is 10.1 Å². The molecule has 0 bridgehead atoms. The first-order valence-corrected chi connectivity index (χ1v) is 5.14. The lowest BCUT2D eigenvalue weighted by atomic mass is 10.1. The van der Waals surface area contributed by atoms with Gasteiger partial charge >= 0.3 is 18.1 Å². The molecule has 0 spiro atoms. The molecule has 1 atom stereocenters. The van der Waals surface area contributed by atoms with Crippen LogP contribution in [0.4, 0.5) is 13.2 Å². The summed E-state index contributed by atoms with van der Waals surface area (Å²) < 4.78 is 40.7. The number of amides is 1. The average Bonchev–Trinajstić information content (AvgIpc) is 2.25. The van der Waals surface area contributed by atoms with Gasteiger partial charge in [0.25, 0.3) is 0 Å². The van der Waals surface area contributed by atoms with Gasteiger partial charge in [-0.15, -0.1) is 0 Å². The molecule has 6 nitrogen and oxygen atoms in total. The van der Waals surface area contributed by atoms with Crippen molar-refractivity contribution >= 4 is 23.9 Å². The number of halogens is 3. The van der Waals surface area contributed by atoms with E-state index in [-0.39, 0.29) is 6.29 Å². The number of carbonyl (C=O) groups is 4. The molecule has 0 aliphatic carbocycles. The Kier molecular flexibility index (Phi) is 6.16. The Morgan fingerprint density at radius 1 is 1.26 bits per heavy atom. The lowest BCUT2D eigenvalue weighted by Crippen LogP contribution is -2.48. The largest absolute Gasteiger partial charge is 0.471 e. The van der Waals surface area contributed by atoms with Crippen molar-refractivity contribution in [3.63, 3.8) is 0 Å². The number of Topliss-reactive ketones (excluding diaryl/α,β-unsaturated/α-hetero) is 1. The summed E-state index contributed by atoms with van der Waals surface area (Å²) in [6.07, 6.45) is -6.91. The predicted molar refractivity (Wildman–Crippen MR) is 54.9 cm³/mol. The predicted octanol–water partition coefficient (Wildman–Crippen LogP) is 0.143. The van der Waals surface area contributed by atoms with Crippen molar-refractivity contribution in [1.29, 1.82) is 0 Å². The Labute approximate surface area is 106 Å². The van der Waals surface area contributed by atoms with Crippen molar-refractivity contribution in [3.8, 4) is 0 Å². The fourth-order valence-electron chi connectivity index (χ4n) is 0.997. The lowest BCUT2D eigenvalue weighted by Gasteiger charge is -2.18.